The van der Waals surface area contributed by atoms with Gasteiger partial charge < -0.3 is 5.32 Å². The van der Waals surface area contributed by atoms with Gasteiger partial charge in [0.15, 0.2) is 0 Å². The zero-order valence-electron chi connectivity index (χ0n) is 10.5. The van der Waals surface area contributed by atoms with Gasteiger partial charge >= 0.3 is 0 Å². The van der Waals surface area contributed by atoms with Crippen LogP contribution in [-0.2, 0) is 0 Å². The summed E-state index contributed by atoms with van der Waals surface area (Å²) >= 11 is 4.00. The molecule has 3 rings (SSSR count). The predicted octanol–water partition coefficient (Wildman–Crippen LogP) is 3.31. The molecule has 0 amide bonds. The minimum atomic E-state index is 0.523. The van der Waals surface area contributed by atoms with Crippen molar-refractivity contribution in [1.29, 1.82) is 0 Å². The smallest absolute Gasteiger partial charge is 0.110 e. The highest BCUT2D eigenvalue weighted by molar-refractivity contribution is 7.99. The zero-order chi connectivity index (χ0) is 11.8. The van der Waals surface area contributed by atoms with Crippen LogP contribution in [0.1, 0.15) is 40.9 Å². The van der Waals surface area contributed by atoms with E-state index in [1.165, 1.54) is 46.3 Å². The molecule has 2 atom stereocenters. The van der Waals surface area contributed by atoms with Crippen LogP contribution in [0.15, 0.2) is 0 Å². The maximum atomic E-state index is 4.78. The van der Waals surface area contributed by atoms with Crippen LogP contribution in [0.3, 0.4) is 0 Å². The molecule has 0 bridgehead atoms. The highest BCUT2D eigenvalue weighted by Gasteiger charge is 2.33. The highest BCUT2D eigenvalue weighted by atomic mass is 32.2. The Morgan fingerprint density at radius 3 is 2.65 bits per heavy atom. The Kier molecular flexibility index (Phi) is 3.46. The van der Waals surface area contributed by atoms with Crippen molar-refractivity contribution in [2.75, 3.05) is 11.5 Å². The molecule has 94 valence electrons. The average Bonchev–Trinajstić information content (AvgIpc) is 2.84. The van der Waals surface area contributed by atoms with Crippen molar-refractivity contribution in [2.45, 2.75) is 45.2 Å². The van der Waals surface area contributed by atoms with Gasteiger partial charge in [-0.25, -0.2) is 4.98 Å². The SMILES string of the molecule is Cc1nc(C(NC2CC2)C2CCSC2)sc1C. The van der Waals surface area contributed by atoms with E-state index < -0.39 is 0 Å². The molecule has 2 heterocycles. The summed E-state index contributed by atoms with van der Waals surface area (Å²) in [5.41, 5.74) is 1.22. The van der Waals surface area contributed by atoms with E-state index in [4.69, 9.17) is 4.98 Å². The summed E-state index contributed by atoms with van der Waals surface area (Å²) in [5, 5.41) is 5.16. The minimum absolute atomic E-state index is 0.523. The second kappa shape index (κ2) is 4.90. The van der Waals surface area contributed by atoms with Crippen LogP contribution in [-0.4, -0.2) is 22.5 Å². The standard InChI is InChI=1S/C13H20N2S2/c1-8-9(2)17-13(14-8)12(15-11-3-4-11)10-5-6-16-7-10/h10-12,15H,3-7H2,1-2H3. The fraction of sp³-hybridized carbons (Fsp3) is 0.769. The number of thiazole rings is 1. The van der Waals surface area contributed by atoms with Crippen molar-refractivity contribution in [3.05, 3.63) is 15.6 Å². The molecule has 17 heavy (non-hydrogen) atoms. The fourth-order valence-corrected chi connectivity index (χ4v) is 4.73. The maximum Gasteiger partial charge on any atom is 0.110 e. The molecular weight excluding hydrogens is 248 g/mol. The second-order valence-electron chi connectivity index (χ2n) is 5.24. The summed E-state index contributed by atoms with van der Waals surface area (Å²) in [6.07, 6.45) is 4.08. The number of nitrogens with zero attached hydrogens (tertiary/aromatic N) is 1. The van der Waals surface area contributed by atoms with Gasteiger partial charge in [-0.05, 0) is 50.5 Å². The predicted molar refractivity (Wildman–Crippen MR) is 75.9 cm³/mol. The van der Waals surface area contributed by atoms with E-state index in [0.29, 0.717) is 6.04 Å². The molecular formula is C13H20N2S2. The Morgan fingerprint density at radius 1 is 1.29 bits per heavy atom. The summed E-state index contributed by atoms with van der Waals surface area (Å²) in [6.45, 7) is 4.32. The Bertz CT molecular complexity index is 373. The lowest BCUT2D eigenvalue weighted by Gasteiger charge is -2.22. The first kappa shape index (κ1) is 12.0. The molecule has 1 aromatic rings. The van der Waals surface area contributed by atoms with Gasteiger partial charge in [0, 0.05) is 10.9 Å². The molecule has 1 aliphatic heterocycles. The molecule has 1 aromatic heterocycles. The quantitative estimate of drug-likeness (QED) is 0.907. The van der Waals surface area contributed by atoms with E-state index in [1.54, 1.807) is 0 Å². The first-order chi connectivity index (χ1) is 8.24. The Hall–Kier alpha value is -0.0600. The van der Waals surface area contributed by atoms with Crippen molar-refractivity contribution >= 4 is 23.1 Å². The molecule has 2 fully saturated rings. The Morgan fingerprint density at radius 2 is 2.12 bits per heavy atom. The molecule has 1 aliphatic carbocycles. The molecule has 1 saturated heterocycles. The summed E-state index contributed by atoms with van der Waals surface area (Å²) in [6, 6.07) is 1.30. The van der Waals surface area contributed by atoms with E-state index in [1.807, 2.05) is 11.3 Å². The lowest BCUT2D eigenvalue weighted by atomic mass is 9.99. The van der Waals surface area contributed by atoms with E-state index >= 15 is 0 Å². The normalized spacial score (nSPS) is 26.4. The van der Waals surface area contributed by atoms with Gasteiger partial charge in [0.2, 0.25) is 0 Å². The van der Waals surface area contributed by atoms with E-state index in [2.05, 4.69) is 30.9 Å². The third-order valence-corrected chi connectivity index (χ3v) is 6.08. The van der Waals surface area contributed by atoms with Gasteiger partial charge in [-0.2, -0.15) is 11.8 Å². The number of hydrogen-bond acceptors (Lipinski definition) is 4. The van der Waals surface area contributed by atoms with Crippen molar-refractivity contribution in [3.63, 3.8) is 0 Å². The number of hydrogen-bond donors (Lipinski definition) is 1. The number of aromatic nitrogens is 1. The Labute approximate surface area is 112 Å². The minimum Gasteiger partial charge on any atom is -0.305 e. The molecule has 2 unspecified atom stereocenters. The Balaban J connectivity index is 1.80. The van der Waals surface area contributed by atoms with Gasteiger partial charge in [-0.3, -0.25) is 0 Å². The third-order valence-electron chi connectivity index (χ3n) is 3.74. The van der Waals surface area contributed by atoms with E-state index in [0.717, 1.165) is 12.0 Å². The van der Waals surface area contributed by atoms with Crippen LogP contribution in [0.25, 0.3) is 0 Å². The fourth-order valence-electron chi connectivity index (χ4n) is 2.36. The summed E-state index contributed by atoms with van der Waals surface area (Å²) in [4.78, 5) is 6.17. The molecule has 1 N–H and O–H groups in total. The lowest BCUT2D eigenvalue weighted by molar-refractivity contribution is 0.389. The molecule has 0 spiro atoms. The van der Waals surface area contributed by atoms with Gasteiger partial charge in [-0.15, -0.1) is 11.3 Å². The van der Waals surface area contributed by atoms with E-state index in [9.17, 15) is 0 Å². The van der Waals surface area contributed by atoms with Crippen molar-refractivity contribution in [1.82, 2.24) is 10.3 Å². The third kappa shape index (κ3) is 2.69. The summed E-state index contributed by atoms with van der Waals surface area (Å²) in [5.74, 6) is 3.43. The molecule has 2 nitrogen and oxygen atoms in total. The van der Waals surface area contributed by atoms with Crippen LogP contribution >= 0.6 is 23.1 Å². The van der Waals surface area contributed by atoms with Crippen LogP contribution < -0.4 is 5.32 Å². The van der Waals surface area contributed by atoms with Crippen molar-refractivity contribution in [3.8, 4) is 0 Å². The van der Waals surface area contributed by atoms with Crippen molar-refractivity contribution < 1.29 is 0 Å². The second-order valence-corrected chi connectivity index (χ2v) is 7.62. The van der Waals surface area contributed by atoms with Crippen molar-refractivity contribution in [2.24, 2.45) is 5.92 Å². The highest BCUT2D eigenvalue weighted by Crippen LogP contribution is 2.38. The maximum absolute atomic E-state index is 4.78. The van der Waals surface area contributed by atoms with Crippen LogP contribution in [0, 0.1) is 19.8 Å². The molecule has 2 aliphatic rings. The largest absolute Gasteiger partial charge is 0.305 e. The number of thioether (sulfide) groups is 1. The topological polar surface area (TPSA) is 24.9 Å². The van der Waals surface area contributed by atoms with Gasteiger partial charge in [-0.1, -0.05) is 0 Å². The van der Waals surface area contributed by atoms with Crippen LogP contribution in [0.4, 0.5) is 0 Å². The van der Waals surface area contributed by atoms with Gasteiger partial charge in [0.25, 0.3) is 0 Å². The molecule has 1 saturated carbocycles. The first-order valence-corrected chi connectivity index (χ1v) is 8.49. The molecule has 0 radical (unpaired) electrons. The number of rotatable bonds is 4. The number of nitrogens with one attached hydrogen (secondary N) is 1. The first-order valence-electron chi connectivity index (χ1n) is 6.52. The monoisotopic (exact) mass is 268 g/mol. The molecule has 4 heteroatoms. The number of aryl methyl sites for hydroxylation is 2. The zero-order valence-corrected chi connectivity index (χ0v) is 12.2. The van der Waals surface area contributed by atoms with Gasteiger partial charge in [0.1, 0.15) is 5.01 Å². The average molecular weight is 268 g/mol. The van der Waals surface area contributed by atoms with Crippen LogP contribution in [0.5, 0.6) is 0 Å². The lowest BCUT2D eigenvalue weighted by Crippen LogP contribution is -2.30. The van der Waals surface area contributed by atoms with Gasteiger partial charge in [0.05, 0.1) is 11.7 Å². The van der Waals surface area contributed by atoms with Crippen LogP contribution in [0.2, 0.25) is 0 Å². The molecule has 0 aromatic carbocycles. The summed E-state index contributed by atoms with van der Waals surface area (Å²) in [7, 11) is 0. The van der Waals surface area contributed by atoms with E-state index in [-0.39, 0.29) is 0 Å². The summed E-state index contributed by atoms with van der Waals surface area (Å²) < 4.78 is 0.